The van der Waals surface area contributed by atoms with Gasteiger partial charge in [-0.2, -0.15) is 0 Å². The number of carbonyl (C=O) groups is 1. The summed E-state index contributed by atoms with van der Waals surface area (Å²) in [6, 6.07) is 6.09. The highest BCUT2D eigenvalue weighted by Crippen LogP contribution is 2.58. The van der Waals surface area contributed by atoms with Crippen LogP contribution in [0.3, 0.4) is 0 Å². The largest absolute Gasteiger partial charge is 0.357 e. The molecule has 0 saturated heterocycles. The number of aromatic nitrogens is 1. The van der Waals surface area contributed by atoms with Crippen LogP contribution in [-0.4, -0.2) is 10.9 Å². The normalized spacial score (nSPS) is 19.9. The summed E-state index contributed by atoms with van der Waals surface area (Å²) < 4.78 is 0. The number of hydrogen-bond acceptors (Lipinski definition) is 1. The Labute approximate surface area is 135 Å². The van der Waals surface area contributed by atoms with E-state index in [4.69, 9.17) is 11.6 Å². The third kappa shape index (κ3) is 2.32. The van der Waals surface area contributed by atoms with Crippen LogP contribution >= 0.6 is 11.6 Å². The number of H-pyrrole nitrogens is 1. The van der Waals surface area contributed by atoms with Crippen molar-refractivity contribution in [3.8, 4) is 0 Å². The molecule has 0 bridgehead atoms. The van der Waals surface area contributed by atoms with Crippen molar-refractivity contribution >= 4 is 28.4 Å². The first-order valence-corrected chi connectivity index (χ1v) is 8.48. The Kier molecular flexibility index (Phi) is 3.23. The molecule has 1 spiro atoms. The average molecular weight is 317 g/mol. The van der Waals surface area contributed by atoms with Crippen molar-refractivity contribution in [3.63, 3.8) is 0 Å². The smallest absolute Gasteiger partial charge is 0.223 e. The molecule has 3 nitrogen and oxygen atoms in total. The van der Waals surface area contributed by atoms with E-state index in [9.17, 15) is 4.79 Å². The molecule has 1 aromatic heterocycles. The summed E-state index contributed by atoms with van der Waals surface area (Å²) in [4.78, 5) is 15.6. The Bertz CT molecular complexity index is 698. The monoisotopic (exact) mass is 316 g/mol. The second kappa shape index (κ2) is 5.02. The van der Waals surface area contributed by atoms with E-state index in [1.807, 2.05) is 13.0 Å². The van der Waals surface area contributed by atoms with E-state index in [-0.39, 0.29) is 11.8 Å². The van der Waals surface area contributed by atoms with Crippen LogP contribution in [0.5, 0.6) is 0 Å². The number of fused-ring (bicyclic) bond motifs is 1. The molecule has 0 atom stereocenters. The second-order valence-electron chi connectivity index (χ2n) is 7.16. The molecule has 4 rings (SSSR count). The Hall–Kier alpha value is -1.48. The molecule has 2 aromatic rings. The summed E-state index contributed by atoms with van der Waals surface area (Å²) in [5.74, 6) is 0.451. The van der Waals surface area contributed by atoms with Crippen molar-refractivity contribution in [2.45, 2.75) is 45.6 Å². The fourth-order valence-corrected chi connectivity index (χ4v) is 4.17. The standard InChI is InChI=1S/C18H21ClN2O/c1-11-5-16-12(7-15(11)19)6-14(21-16)10-20-17(22)13-8-18(9-13)3-2-4-18/h5-7,13,21H,2-4,8-10H2,1H3,(H,20,22). The minimum Gasteiger partial charge on any atom is -0.357 e. The van der Waals surface area contributed by atoms with Gasteiger partial charge in [0.2, 0.25) is 5.91 Å². The van der Waals surface area contributed by atoms with Crippen LogP contribution in [0.1, 0.15) is 43.4 Å². The molecule has 22 heavy (non-hydrogen) atoms. The van der Waals surface area contributed by atoms with Gasteiger partial charge in [-0.05, 0) is 61.8 Å². The van der Waals surface area contributed by atoms with Gasteiger partial charge in [0.1, 0.15) is 0 Å². The van der Waals surface area contributed by atoms with Crippen LogP contribution in [0.2, 0.25) is 5.02 Å². The molecule has 2 aliphatic carbocycles. The zero-order valence-electron chi connectivity index (χ0n) is 12.8. The van der Waals surface area contributed by atoms with Crippen molar-refractivity contribution in [2.75, 3.05) is 0 Å². The number of aromatic amines is 1. The van der Waals surface area contributed by atoms with Gasteiger partial charge in [-0.1, -0.05) is 18.0 Å². The van der Waals surface area contributed by atoms with Gasteiger partial charge >= 0.3 is 0 Å². The van der Waals surface area contributed by atoms with Crippen LogP contribution in [0, 0.1) is 18.3 Å². The number of halogens is 1. The molecule has 1 amide bonds. The van der Waals surface area contributed by atoms with Gasteiger partial charge in [0.05, 0.1) is 6.54 Å². The summed E-state index contributed by atoms with van der Waals surface area (Å²) in [5, 5.41) is 4.95. The van der Waals surface area contributed by atoms with E-state index in [0.29, 0.717) is 12.0 Å². The first-order chi connectivity index (χ1) is 10.5. The molecule has 0 aliphatic heterocycles. The molecule has 4 heteroatoms. The number of amides is 1. The molecule has 1 heterocycles. The highest BCUT2D eigenvalue weighted by Gasteiger charge is 2.50. The van der Waals surface area contributed by atoms with Gasteiger partial charge in [-0.25, -0.2) is 0 Å². The lowest BCUT2D eigenvalue weighted by atomic mass is 9.51. The quantitative estimate of drug-likeness (QED) is 0.870. The van der Waals surface area contributed by atoms with E-state index in [0.717, 1.165) is 40.0 Å². The number of hydrogen-bond donors (Lipinski definition) is 2. The second-order valence-corrected chi connectivity index (χ2v) is 7.57. The van der Waals surface area contributed by atoms with Gasteiger partial charge in [-0.15, -0.1) is 0 Å². The number of carbonyl (C=O) groups excluding carboxylic acids is 1. The zero-order chi connectivity index (χ0) is 15.3. The van der Waals surface area contributed by atoms with Crippen LogP contribution in [0.15, 0.2) is 18.2 Å². The molecule has 2 saturated carbocycles. The molecular formula is C18H21ClN2O. The Morgan fingerprint density at radius 2 is 2.14 bits per heavy atom. The van der Waals surface area contributed by atoms with E-state index in [1.165, 1.54) is 19.3 Å². The van der Waals surface area contributed by atoms with Crippen LogP contribution in [0.25, 0.3) is 10.9 Å². The van der Waals surface area contributed by atoms with Crippen molar-refractivity contribution in [3.05, 3.63) is 34.5 Å². The van der Waals surface area contributed by atoms with Crippen molar-refractivity contribution < 1.29 is 4.79 Å². The Balaban J connectivity index is 1.38. The molecule has 0 unspecified atom stereocenters. The van der Waals surface area contributed by atoms with Gasteiger partial charge in [-0.3, -0.25) is 4.79 Å². The molecule has 2 fully saturated rings. The molecule has 0 radical (unpaired) electrons. The number of aryl methyl sites for hydroxylation is 1. The predicted molar refractivity (Wildman–Crippen MR) is 88.9 cm³/mol. The summed E-state index contributed by atoms with van der Waals surface area (Å²) in [7, 11) is 0. The van der Waals surface area contributed by atoms with Gasteiger partial charge in [0, 0.05) is 27.5 Å². The van der Waals surface area contributed by atoms with E-state index in [1.54, 1.807) is 0 Å². The average Bonchev–Trinajstić information content (AvgIpc) is 2.75. The maximum atomic E-state index is 12.2. The summed E-state index contributed by atoms with van der Waals surface area (Å²) >= 11 is 6.15. The first kappa shape index (κ1) is 14.1. The maximum absolute atomic E-state index is 12.2. The van der Waals surface area contributed by atoms with Crippen molar-refractivity contribution in [1.29, 1.82) is 0 Å². The zero-order valence-corrected chi connectivity index (χ0v) is 13.6. The Morgan fingerprint density at radius 1 is 1.36 bits per heavy atom. The van der Waals surface area contributed by atoms with E-state index in [2.05, 4.69) is 22.4 Å². The van der Waals surface area contributed by atoms with Crippen LogP contribution in [0.4, 0.5) is 0 Å². The molecular weight excluding hydrogens is 296 g/mol. The van der Waals surface area contributed by atoms with E-state index < -0.39 is 0 Å². The number of rotatable bonds is 3. The molecule has 116 valence electrons. The Morgan fingerprint density at radius 3 is 2.82 bits per heavy atom. The lowest BCUT2D eigenvalue weighted by Gasteiger charge is -2.53. The third-order valence-electron chi connectivity index (χ3n) is 5.55. The highest BCUT2D eigenvalue weighted by atomic mass is 35.5. The van der Waals surface area contributed by atoms with Crippen molar-refractivity contribution in [1.82, 2.24) is 10.3 Å². The maximum Gasteiger partial charge on any atom is 0.223 e. The minimum atomic E-state index is 0.213. The lowest BCUT2D eigenvalue weighted by molar-refractivity contribution is -0.137. The minimum absolute atomic E-state index is 0.213. The predicted octanol–water partition coefficient (Wildman–Crippen LogP) is 4.33. The summed E-state index contributed by atoms with van der Waals surface area (Å²) in [6.07, 6.45) is 6.21. The number of nitrogens with one attached hydrogen (secondary N) is 2. The molecule has 2 aliphatic rings. The van der Waals surface area contributed by atoms with Crippen molar-refractivity contribution in [2.24, 2.45) is 11.3 Å². The van der Waals surface area contributed by atoms with E-state index >= 15 is 0 Å². The van der Waals surface area contributed by atoms with Gasteiger partial charge < -0.3 is 10.3 Å². The first-order valence-electron chi connectivity index (χ1n) is 8.10. The number of benzene rings is 1. The lowest BCUT2D eigenvalue weighted by Crippen LogP contribution is -2.48. The summed E-state index contributed by atoms with van der Waals surface area (Å²) in [6.45, 7) is 2.56. The fraction of sp³-hybridized carbons (Fsp3) is 0.500. The van der Waals surface area contributed by atoms with Gasteiger partial charge in [0.25, 0.3) is 0 Å². The molecule has 1 aromatic carbocycles. The third-order valence-corrected chi connectivity index (χ3v) is 5.96. The van der Waals surface area contributed by atoms with Gasteiger partial charge in [0.15, 0.2) is 0 Å². The highest BCUT2D eigenvalue weighted by molar-refractivity contribution is 6.32. The van der Waals surface area contributed by atoms with Crippen LogP contribution in [-0.2, 0) is 11.3 Å². The molecule has 2 N–H and O–H groups in total. The fourth-order valence-electron chi connectivity index (χ4n) is 4.00. The topological polar surface area (TPSA) is 44.9 Å². The van der Waals surface area contributed by atoms with Crippen LogP contribution < -0.4 is 5.32 Å². The summed E-state index contributed by atoms with van der Waals surface area (Å²) in [5.41, 5.74) is 3.72. The SMILES string of the molecule is Cc1cc2[nH]c(CNC(=O)C3CC4(CCC4)C3)cc2cc1Cl.